The number of hydrogen-bond donors (Lipinski definition) is 1. The topological polar surface area (TPSA) is 73.3 Å². The molecule has 0 aliphatic heterocycles. The Morgan fingerprint density at radius 3 is 3.27 bits per heavy atom. The third-order valence-electron chi connectivity index (χ3n) is 1.91. The van der Waals surface area contributed by atoms with E-state index in [2.05, 4.69) is 10.1 Å². The van der Waals surface area contributed by atoms with Crippen LogP contribution < -0.4 is 5.73 Å². The SMILES string of the molecule is NC(=O)CC=Cc1cnc2cccnn12. The van der Waals surface area contributed by atoms with Crippen LogP contribution in [0.2, 0.25) is 0 Å². The van der Waals surface area contributed by atoms with Crippen molar-refractivity contribution >= 4 is 17.6 Å². The van der Waals surface area contributed by atoms with Crippen LogP contribution in [-0.2, 0) is 4.79 Å². The number of carbonyl (C=O) groups excluding carboxylic acids is 1. The number of nitrogens with zero attached hydrogens (tertiary/aromatic N) is 3. The van der Waals surface area contributed by atoms with Gasteiger partial charge < -0.3 is 5.73 Å². The van der Waals surface area contributed by atoms with Gasteiger partial charge in [-0.25, -0.2) is 9.50 Å². The fraction of sp³-hybridized carbons (Fsp3) is 0.100. The van der Waals surface area contributed by atoms with E-state index in [0.29, 0.717) is 0 Å². The number of carbonyl (C=O) groups is 1. The molecule has 0 atom stereocenters. The summed E-state index contributed by atoms with van der Waals surface area (Å²) < 4.78 is 1.69. The second kappa shape index (κ2) is 3.91. The van der Waals surface area contributed by atoms with Gasteiger partial charge in [-0.15, -0.1) is 0 Å². The number of imidazole rings is 1. The van der Waals surface area contributed by atoms with Gasteiger partial charge in [0, 0.05) is 12.6 Å². The highest BCUT2D eigenvalue weighted by molar-refractivity contribution is 5.76. The summed E-state index contributed by atoms with van der Waals surface area (Å²) in [7, 11) is 0. The molecule has 0 aliphatic carbocycles. The van der Waals surface area contributed by atoms with Crippen LogP contribution in [0.25, 0.3) is 11.7 Å². The minimum absolute atomic E-state index is 0.222. The Balaban J connectivity index is 2.28. The molecule has 2 N–H and O–H groups in total. The predicted molar refractivity (Wildman–Crippen MR) is 55.8 cm³/mol. The minimum Gasteiger partial charge on any atom is -0.369 e. The number of amides is 1. The minimum atomic E-state index is -0.354. The number of primary amides is 1. The maximum absolute atomic E-state index is 10.5. The highest BCUT2D eigenvalue weighted by Gasteiger charge is 1.98. The summed E-state index contributed by atoms with van der Waals surface area (Å²) in [5.74, 6) is -0.354. The molecule has 76 valence electrons. The molecule has 0 radical (unpaired) electrons. The summed E-state index contributed by atoms with van der Waals surface area (Å²) in [5.41, 5.74) is 6.62. The Morgan fingerprint density at radius 2 is 2.47 bits per heavy atom. The van der Waals surface area contributed by atoms with Gasteiger partial charge in [0.2, 0.25) is 5.91 Å². The van der Waals surface area contributed by atoms with E-state index in [4.69, 9.17) is 5.73 Å². The lowest BCUT2D eigenvalue weighted by Crippen LogP contribution is -2.07. The van der Waals surface area contributed by atoms with Gasteiger partial charge in [-0.2, -0.15) is 5.10 Å². The van der Waals surface area contributed by atoms with E-state index in [1.165, 1.54) is 0 Å². The normalized spacial score (nSPS) is 11.2. The Kier molecular flexibility index (Phi) is 2.45. The van der Waals surface area contributed by atoms with E-state index in [1.54, 1.807) is 29.1 Å². The van der Waals surface area contributed by atoms with Crippen molar-refractivity contribution in [3.05, 3.63) is 36.3 Å². The van der Waals surface area contributed by atoms with Crippen molar-refractivity contribution in [2.24, 2.45) is 5.73 Å². The number of hydrogen-bond acceptors (Lipinski definition) is 3. The molecule has 2 aromatic heterocycles. The number of fused-ring (bicyclic) bond motifs is 1. The Hall–Kier alpha value is -2.17. The van der Waals surface area contributed by atoms with Gasteiger partial charge in [-0.05, 0) is 18.2 Å². The first-order valence-electron chi connectivity index (χ1n) is 4.51. The van der Waals surface area contributed by atoms with E-state index in [-0.39, 0.29) is 12.3 Å². The van der Waals surface area contributed by atoms with Crippen molar-refractivity contribution in [3.8, 4) is 0 Å². The first-order chi connectivity index (χ1) is 7.27. The van der Waals surface area contributed by atoms with Crippen molar-refractivity contribution < 1.29 is 4.79 Å². The lowest BCUT2D eigenvalue weighted by molar-refractivity contribution is -0.117. The third-order valence-corrected chi connectivity index (χ3v) is 1.91. The van der Waals surface area contributed by atoms with Crippen molar-refractivity contribution in [2.75, 3.05) is 0 Å². The average Bonchev–Trinajstić information content (AvgIpc) is 2.62. The molecule has 1 amide bonds. The fourth-order valence-electron chi connectivity index (χ4n) is 1.26. The maximum atomic E-state index is 10.5. The summed E-state index contributed by atoms with van der Waals surface area (Å²) >= 11 is 0. The van der Waals surface area contributed by atoms with Crippen LogP contribution >= 0.6 is 0 Å². The van der Waals surface area contributed by atoms with Crippen molar-refractivity contribution in [2.45, 2.75) is 6.42 Å². The van der Waals surface area contributed by atoms with Gasteiger partial charge in [0.25, 0.3) is 0 Å². The highest BCUT2D eigenvalue weighted by Crippen LogP contribution is 2.05. The highest BCUT2D eigenvalue weighted by atomic mass is 16.1. The molecule has 5 nitrogen and oxygen atoms in total. The van der Waals surface area contributed by atoms with Crippen molar-refractivity contribution in [1.29, 1.82) is 0 Å². The lowest BCUT2D eigenvalue weighted by atomic mass is 10.3. The summed E-state index contributed by atoms with van der Waals surface area (Å²) in [4.78, 5) is 14.7. The molecule has 0 aromatic carbocycles. The van der Waals surface area contributed by atoms with Crippen molar-refractivity contribution in [1.82, 2.24) is 14.6 Å². The molecule has 15 heavy (non-hydrogen) atoms. The third kappa shape index (κ3) is 2.01. The second-order valence-electron chi connectivity index (χ2n) is 3.05. The Labute approximate surface area is 86.2 Å². The van der Waals surface area contributed by atoms with Crippen LogP contribution in [0.3, 0.4) is 0 Å². The predicted octanol–water partition coefficient (Wildman–Crippen LogP) is 0.618. The lowest BCUT2D eigenvalue weighted by Gasteiger charge is -1.92. The van der Waals surface area contributed by atoms with Crippen LogP contribution in [0.15, 0.2) is 30.6 Å². The molecule has 2 rings (SSSR count). The zero-order valence-corrected chi connectivity index (χ0v) is 8.00. The van der Waals surface area contributed by atoms with Crippen LogP contribution in [-0.4, -0.2) is 20.5 Å². The summed E-state index contributed by atoms with van der Waals surface area (Å²) in [6.45, 7) is 0. The Bertz CT molecular complexity index is 515. The van der Waals surface area contributed by atoms with Crippen LogP contribution in [0.5, 0.6) is 0 Å². The first-order valence-corrected chi connectivity index (χ1v) is 4.51. The second-order valence-corrected chi connectivity index (χ2v) is 3.05. The Morgan fingerprint density at radius 1 is 1.60 bits per heavy atom. The standard InChI is InChI=1S/C10H10N4O/c11-9(15)4-1-3-8-7-12-10-5-2-6-13-14(8)10/h1-3,5-7H,4H2,(H2,11,15). The fourth-order valence-corrected chi connectivity index (χ4v) is 1.26. The molecular weight excluding hydrogens is 192 g/mol. The summed E-state index contributed by atoms with van der Waals surface area (Å²) in [6.07, 6.45) is 7.07. The van der Waals surface area contributed by atoms with E-state index in [9.17, 15) is 4.79 Å². The molecule has 0 aliphatic rings. The van der Waals surface area contributed by atoms with Gasteiger partial charge in [-0.1, -0.05) is 6.08 Å². The quantitative estimate of drug-likeness (QED) is 0.792. The average molecular weight is 202 g/mol. The molecule has 0 saturated heterocycles. The molecular formula is C10H10N4O. The molecule has 0 saturated carbocycles. The molecule has 5 heteroatoms. The molecule has 0 fully saturated rings. The molecule has 0 bridgehead atoms. The number of rotatable bonds is 3. The van der Waals surface area contributed by atoms with Gasteiger partial charge in [-0.3, -0.25) is 4.79 Å². The zero-order valence-electron chi connectivity index (χ0n) is 8.00. The van der Waals surface area contributed by atoms with E-state index in [0.717, 1.165) is 11.3 Å². The van der Waals surface area contributed by atoms with Crippen molar-refractivity contribution in [3.63, 3.8) is 0 Å². The molecule has 2 heterocycles. The largest absolute Gasteiger partial charge is 0.369 e. The molecule has 0 unspecified atom stereocenters. The maximum Gasteiger partial charge on any atom is 0.221 e. The zero-order chi connectivity index (χ0) is 10.7. The molecule has 2 aromatic rings. The number of aromatic nitrogens is 3. The van der Waals surface area contributed by atoms with Gasteiger partial charge in [0.05, 0.1) is 11.9 Å². The van der Waals surface area contributed by atoms with Crippen LogP contribution in [0.1, 0.15) is 12.1 Å². The summed E-state index contributed by atoms with van der Waals surface area (Å²) in [5, 5.41) is 4.13. The van der Waals surface area contributed by atoms with E-state index >= 15 is 0 Å². The van der Waals surface area contributed by atoms with Crippen LogP contribution in [0, 0.1) is 0 Å². The summed E-state index contributed by atoms with van der Waals surface area (Å²) in [6, 6.07) is 3.68. The molecule has 0 spiro atoms. The smallest absolute Gasteiger partial charge is 0.221 e. The first kappa shape index (κ1) is 9.39. The monoisotopic (exact) mass is 202 g/mol. The van der Waals surface area contributed by atoms with E-state index in [1.807, 2.05) is 12.1 Å². The van der Waals surface area contributed by atoms with Gasteiger partial charge >= 0.3 is 0 Å². The van der Waals surface area contributed by atoms with Gasteiger partial charge in [0.15, 0.2) is 5.65 Å². The van der Waals surface area contributed by atoms with Crippen LogP contribution in [0.4, 0.5) is 0 Å². The van der Waals surface area contributed by atoms with Gasteiger partial charge in [0.1, 0.15) is 0 Å². The number of nitrogens with two attached hydrogens (primary N) is 1. The van der Waals surface area contributed by atoms with E-state index < -0.39 is 0 Å².